The van der Waals surface area contributed by atoms with Crippen LogP contribution in [0.1, 0.15) is 66.2 Å². The first-order chi connectivity index (χ1) is 11.9. The number of hydrogen-bond donors (Lipinski definition) is 2. The minimum Gasteiger partial charge on any atom is -0.287 e. The van der Waals surface area contributed by atoms with Crippen LogP contribution in [0, 0.1) is 29.6 Å². The highest BCUT2D eigenvalue weighted by molar-refractivity contribution is 5.13. The summed E-state index contributed by atoms with van der Waals surface area (Å²) in [4.78, 5) is 5.24. The molecular formula is C21H35FN2O. The van der Waals surface area contributed by atoms with E-state index in [1.807, 2.05) is 6.92 Å². The third kappa shape index (κ3) is 4.01. The largest absolute Gasteiger partial charge is 0.287 e. The molecule has 2 aliphatic carbocycles. The second-order valence-corrected chi connectivity index (χ2v) is 8.89. The van der Waals surface area contributed by atoms with Gasteiger partial charge in [-0.05, 0) is 87.5 Å². The molecule has 4 heteroatoms. The number of hydrogen-bond acceptors (Lipinski definition) is 3. The minimum absolute atomic E-state index is 0.0874. The van der Waals surface area contributed by atoms with Gasteiger partial charge in [0.1, 0.15) is 6.23 Å². The Balaban J connectivity index is 1.80. The molecule has 1 heterocycles. The molecule has 0 aromatic heterocycles. The van der Waals surface area contributed by atoms with Crippen molar-refractivity contribution in [3.05, 3.63) is 23.0 Å². The van der Waals surface area contributed by atoms with Gasteiger partial charge >= 0.3 is 0 Å². The normalized spacial score (nSPS) is 43.1. The fraction of sp³-hybridized carbons (Fsp3) is 0.810. The first-order valence-electron chi connectivity index (χ1n) is 10.0. The first-order valence-corrected chi connectivity index (χ1v) is 10.0. The van der Waals surface area contributed by atoms with Gasteiger partial charge in [-0.2, -0.15) is 0 Å². The Morgan fingerprint density at radius 3 is 2.60 bits per heavy atom. The summed E-state index contributed by atoms with van der Waals surface area (Å²) in [6, 6.07) is 0.372. The summed E-state index contributed by atoms with van der Waals surface area (Å²) in [6.07, 6.45) is 8.32. The molecule has 0 radical (unpaired) electrons. The number of nitrogens with one attached hydrogen (secondary N) is 1. The second kappa shape index (κ2) is 7.89. The number of allylic oxidation sites excluding steroid dienone is 4. The molecule has 1 fully saturated rings. The van der Waals surface area contributed by atoms with Crippen LogP contribution in [0.3, 0.4) is 0 Å². The minimum atomic E-state index is -0.0874. The summed E-state index contributed by atoms with van der Waals surface area (Å²) >= 11 is 0. The van der Waals surface area contributed by atoms with Crippen LogP contribution >= 0.6 is 0 Å². The summed E-state index contributed by atoms with van der Waals surface area (Å²) in [5, 5.41) is 3.72. The predicted molar refractivity (Wildman–Crippen MR) is 100 cm³/mol. The molecule has 0 spiro atoms. The monoisotopic (exact) mass is 350 g/mol. The molecule has 3 N–H and O–H groups in total. The van der Waals surface area contributed by atoms with Crippen LogP contribution < -0.4 is 11.2 Å². The van der Waals surface area contributed by atoms with Crippen LogP contribution in [0.5, 0.6) is 0 Å². The van der Waals surface area contributed by atoms with E-state index < -0.39 is 0 Å². The summed E-state index contributed by atoms with van der Waals surface area (Å²) < 4.78 is 13.9. The number of halogens is 1. The highest BCUT2D eigenvalue weighted by Crippen LogP contribution is 2.44. The van der Waals surface area contributed by atoms with Crippen LogP contribution in [-0.4, -0.2) is 12.3 Å². The molecular weight excluding hydrogens is 315 g/mol. The molecule has 25 heavy (non-hydrogen) atoms. The van der Waals surface area contributed by atoms with Gasteiger partial charge in [0, 0.05) is 6.04 Å². The summed E-state index contributed by atoms with van der Waals surface area (Å²) in [6.45, 7) is 8.79. The molecule has 0 bridgehead atoms. The topological polar surface area (TPSA) is 47.3 Å². The Labute approximate surface area is 152 Å². The molecule has 0 aromatic carbocycles. The standard InChI is InChI=1S/C21H35FN2O/c1-12-5-6-16(9-13(12)2)18-11-15(4)21(25-23)24-20(18)17-7-8-19(22)14(3)10-17/h5,13,15-18,20-21,24H,6-11,23H2,1-4H3. The molecule has 142 valence electrons. The Morgan fingerprint density at radius 2 is 1.96 bits per heavy atom. The van der Waals surface area contributed by atoms with Crippen LogP contribution in [-0.2, 0) is 4.84 Å². The Morgan fingerprint density at radius 1 is 1.20 bits per heavy atom. The van der Waals surface area contributed by atoms with Gasteiger partial charge in [-0.25, -0.2) is 10.3 Å². The lowest BCUT2D eigenvalue weighted by Gasteiger charge is -2.48. The Bertz CT molecular complexity index is 544. The van der Waals surface area contributed by atoms with Crippen LogP contribution in [0.15, 0.2) is 23.0 Å². The van der Waals surface area contributed by atoms with Crippen molar-refractivity contribution in [1.82, 2.24) is 5.32 Å². The average molecular weight is 351 g/mol. The lowest BCUT2D eigenvalue weighted by Crippen LogP contribution is -2.58. The molecule has 0 aromatic rings. The summed E-state index contributed by atoms with van der Waals surface area (Å²) in [5.41, 5.74) is 2.47. The fourth-order valence-electron chi connectivity index (χ4n) is 5.38. The number of piperidine rings is 1. The van der Waals surface area contributed by atoms with Crippen LogP contribution in [0.25, 0.3) is 0 Å². The van der Waals surface area contributed by atoms with Crippen molar-refractivity contribution in [2.24, 2.45) is 35.5 Å². The summed E-state index contributed by atoms with van der Waals surface area (Å²) in [7, 11) is 0. The van der Waals surface area contributed by atoms with E-state index in [-0.39, 0.29) is 12.1 Å². The quantitative estimate of drug-likeness (QED) is 0.565. The van der Waals surface area contributed by atoms with E-state index in [1.54, 1.807) is 0 Å². The molecule has 7 atom stereocenters. The maximum atomic E-state index is 13.9. The van der Waals surface area contributed by atoms with Gasteiger partial charge in [-0.15, -0.1) is 0 Å². The van der Waals surface area contributed by atoms with Crippen molar-refractivity contribution in [1.29, 1.82) is 0 Å². The molecule has 7 unspecified atom stereocenters. The molecule has 3 nitrogen and oxygen atoms in total. The Kier molecular flexibility index (Phi) is 6.02. The number of rotatable bonds is 3. The van der Waals surface area contributed by atoms with Gasteiger partial charge in [0.05, 0.1) is 5.83 Å². The van der Waals surface area contributed by atoms with E-state index in [0.29, 0.717) is 42.1 Å². The lowest BCUT2D eigenvalue weighted by atomic mass is 9.65. The van der Waals surface area contributed by atoms with Crippen molar-refractivity contribution in [3.63, 3.8) is 0 Å². The third-order valence-electron chi connectivity index (χ3n) is 7.18. The van der Waals surface area contributed by atoms with Crippen molar-refractivity contribution in [3.8, 4) is 0 Å². The molecule has 3 rings (SSSR count). The number of nitrogens with two attached hydrogens (primary N) is 1. The van der Waals surface area contributed by atoms with E-state index in [0.717, 1.165) is 24.8 Å². The van der Waals surface area contributed by atoms with Crippen molar-refractivity contribution < 1.29 is 9.23 Å². The lowest BCUT2D eigenvalue weighted by molar-refractivity contribution is -0.0708. The Hall–Kier alpha value is -0.710. The van der Waals surface area contributed by atoms with Gasteiger partial charge in [0.2, 0.25) is 0 Å². The van der Waals surface area contributed by atoms with E-state index in [1.165, 1.54) is 18.4 Å². The van der Waals surface area contributed by atoms with E-state index >= 15 is 0 Å². The zero-order valence-electron chi connectivity index (χ0n) is 16.2. The van der Waals surface area contributed by atoms with Gasteiger partial charge < -0.3 is 0 Å². The predicted octanol–water partition coefficient (Wildman–Crippen LogP) is 4.85. The smallest absolute Gasteiger partial charge is 0.132 e. The highest BCUT2D eigenvalue weighted by Gasteiger charge is 2.43. The van der Waals surface area contributed by atoms with Gasteiger partial charge in [-0.3, -0.25) is 10.2 Å². The maximum Gasteiger partial charge on any atom is 0.132 e. The van der Waals surface area contributed by atoms with E-state index in [2.05, 4.69) is 32.2 Å². The summed E-state index contributed by atoms with van der Waals surface area (Å²) in [5.74, 6) is 8.54. The van der Waals surface area contributed by atoms with Crippen LogP contribution in [0.4, 0.5) is 4.39 Å². The van der Waals surface area contributed by atoms with Crippen LogP contribution in [0.2, 0.25) is 0 Å². The SMILES string of the molecule is CC1=CCC(C2CC(C)C(ON)NC2C2CCC(F)=C(C)C2)CC1C. The zero-order chi connectivity index (χ0) is 18.1. The molecule has 1 aliphatic heterocycles. The van der Waals surface area contributed by atoms with Crippen molar-refractivity contribution >= 4 is 0 Å². The fourth-order valence-corrected chi connectivity index (χ4v) is 5.38. The zero-order valence-corrected chi connectivity index (χ0v) is 16.2. The molecule has 0 saturated carbocycles. The van der Waals surface area contributed by atoms with Crippen molar-refractivity contribution in [2.45, 2.75) is 78.5 Å². The second-order valence-electron chi connectivity index (χ2n) is 8.89. The highest BCUT2D eigenvalue weighted by atomic mass is 19.1. The molecule has 1 saturated heterocycles. The van der Waals surface area contributed by atoms with Gasteiger partial charge in [-0.1, -0.05) is 25.5 Å². The van der Waals surface area contributed by atoms with E-state index in [9.17, 15) is 4.39 Å². The molecule has 3 aliphatic rings. The van der Waals surface area contributed by atoms with Gasteiger partial charge in [0.25, 0.3) is 0 Å². The molecule has 0 amide bonds. The van der Waals surface area contributed by atoms with E-state index in [4.69, 9.17) is 10.7 Å². The maximum absolute atomic E-state index is 13.9. The third-order valence-corrected chi connectivity index (χ3v) is 7.18. The first kappa shape index (κ1) is 19.1. The van der Waals surface area contributed by atoms with Crippen molar-refractivity contribution in [2.75, 3.05) is 0 Å². The average Bonchev–Trinajstić information content (AvgIpc) is 2.59. The van der Waals surface area contributed by atoms with Gasteiger partial charge in [0.15, 0.2) is 0 Å².